The number of H-pyrrole nitrogens is 1. The number of carbonyl (C=O) groups is 2. The van der Waals surface area contributed by atoms with Crippen LogP contribution in [0.5, 0.6) is 0 Å². The summed E-state index contributed by atoms with van der Waals surface area (Å²) in [4.78, 5) is 26.0. The Morgan fingerprint density at radius 3 is 2.59 bits per heavy atom. The molecule has 1 atom stereocenters. The Morgan fingerprint density at radius 2 is 1.97 bits per heavy atom. The van der Waals surface area contributed by atoms with E-state index >= 15 is 0 Å². The van der Waals surface area contributed by atoms with Gasteiger partial charge in [0.1, 0.15) is 11.4 Å². The number of carboxylic acids is 2. The number of ether oxygens (including phenoxy) is 1. The van der Waals surface area contributed by atoms with E-state index < -0.39 is 29.8 Å². The third kappa shape index (κ3) is 3.03. The Labute approximate surface area is 173 Å². The van der Waals surface area contributed by atoms with Gasteiger partial charge in [0.2, 0.25) is 0 Å². The van der Waals surface area contributed by atoms with Crippen LogP contribution in [0.1, 0.15) is 39.2 Å². The number of carboxylic acid groups (broad SMARTS) is 2. The molecule has 8 heteroatoms. The SMILES string of the molecule is Cc1cc(F)c2[nH]c3c(c2c1Br)CCOC3(CC(=O)O)c1ccc(C(=O)O)cc1. The Balaban J connectivity index is 2.01. The molecule has 0 spiro atoms. The van der Waals surface area contributed by atoms with Gasteiger partial charge in [0.25, 0.3) is 0 Å². The van der Waals surface area contributed by atoms with Gasteiger partial charge in [-0.05, 0) is 64.2 Å². The van der Waals surface area contributed by atoms with Crippen molar-refractivity contribution in [3.05, 3.63) is 68.6 Å². The maximum Gasteiger partial charge on any atom is 0.335 e. The zero-order valence-corrected chi connectivity index (χ0v) is 17.0. The van der Waals surface area contributed by atoms with Gasteiger partial charge in [-0.2, -0.15) is 0 Å². The maximum atomic E-state index is 14.7. The number of nitrogens with one attached hydrogen (secondary N) is 1. The number of hydrogen-bond donors (Lipinski definition) is 3. The van der Waals surface area contributed by atoms with E-state index in [-0.39, 0.29) is 17.7 Å². The van der Waals surface area contributed by atoms with Crippen molar-refractivity contribution in [2.24, 2.45) is 0 Å². The third-order valence-electron chi connectivity index (χ3n) is 5.35. The number of aromatic nitrogens is 1. The molecule has 1 aliphatic heterocycles. The molecule has 3 N–H and O–H groups in total. The highest BCUT2D eigenvalue weighted by Gasteiger charge is 2.44. The predicted molar refractivity (Wildman–Crippen MR) is 107 cm³/mol. The summed E-state index contributed by atoms with van der Waals surface area (Å²) in [6.07, 6.45) is 0.100. The van der Waals surface area contributed by atoms with Crippen LogP contribution in [-0.4, -0.2) is 33.7 Å². The van der Waals surface area contributed by atoms with Crippen molar-refractivity contribution >= 4 is 38.8 Å². The van der Waals surface area contributed by atoms with E-state index in [1.165, 1.54) is 18.2 Å². The molecule has 6 nitrogen and oxygen atoms in total. The van der Waals surface area contributed by atoms with Crippen molar-refractivity contribution < 1.29 is 28.9 Å². The average molecular weight is 462 g/mol. The van der Waals surface area contributed by atoms with Gasteiger partial charge in [0.05, 0.1) is 29.8 Å². The van der Waals surface area contributed by atoms with Gasteiger partial charge >= 0.3 is 11.9 Å². The predicted octanol–water partition coefficient (Wildman–Crippen LogP) is 4.37. The highest BCUT2D eigenvalue weighted by molar-refractivity contribution is 9.10. The second-order valence-corrected chi connectivity index (χ2v) is 7.89. The number of halogens is 2. The van der Waals surface area contributed by atoms with Crippen molar-refractivity contribution in [1.29, 1.82) is 0 Å². The van der Waals surface area contributed by atoms with Gasteiger partial charge in [-0.1, -0.05) is 12.1 Å². The highest BCUT2D eigenvalue weighted by Crippen LogP contribution is 2.46. The van der Waals surface area contributed by atoms with E-state index in [1.54, 1.807) is 19.1 Å². The standard InChI is InChI=1S/C21H17BrFNO5/c1-10-8-14(23)18-16(17(10)22)13-6-7-29-21(9-15(25)26,19(13)24-18)12-4-2-11(3-5-12)20(27)28/h2-5,8,24H,6-7,9H2,1H3,(H,25,26)(H,27,28). The van der Waals surface area contributed by atoms with E-state index in [1.807, 2.05) is 0 Å². The van der Waals surface area contributed by atoms with Crippen molar-refractivity contribution in [2.45, 2.75) is 25.4 Å². The Hall–Kier alpha value is -2.71. The van der Waals surface area contributed by atoms with Crippen molar-refractivity contribution in [3.63, 3.8) is 0 Å². The number of aryl methyl sites for hydroxylation is 1. The van der Waals surface area contributed by atoms with Crippen LogP contribution in [0.15, 0.2) is 34.8 Å². The minimum absolute atomic E-state index is 0.0799. The zero-order chi connectivity index (χ0) is 20.9. The largest absolute Gasteiger partial charge is 0.481 e. The molecule has 2 heterocycles. The van der Waals surface area contributed by atoms with E-state index in [9.17, 15) is 19.1 Å². The summed E-state index contributed by atoms with van der Waals surface area (Å²) in [5.41, 5.74) is 1.49. The fourth-order valence-electron chi connectivity index (χ4n) is 4.04. The molecule has 0 bridgehead atoms. The molecule has 0 fully saturated rings. The summed E-state index contributed by atoms with van der Waals surface area (Å²) in [6, 6.07) is 7.31. The van der Waals surface area contributed by atoms with Crippen LogP contribution in [-0.2, 0) is 21.6 Å². The van der Waals surface area contributed by atoms with Crippen molar-refractivity contribution in [3.8, 4) is 0 Å². The number of aromatic carboxylic acids is 1. The molecule has 2 aromatic carbocycles. The van der Waals surface area contributed by atoms with Gasteiger partial charge in [-0.3, -0.25) is 4.79 Å². The van der Waals surface area contributed by atoms with Crippen LogP contribution in [0.3, 0.4) is 0 Å². The molecule has 0 amide bonds. The molecule has 1 aliphatic rings. The number of rotatable bonds is 4. The summed E-state index contributed by atoms with van der Waals surface area (Å²) < 4.78 is 21.5. The van der Waals surface area contributed by atoms with Crippen molar-refractivity contribution in [1.82, 2.24) is 4.98 Å². The van der Waals surface area contributed by atoms with E-state index in [0.29, 0.717) is 23.1 Å². The molecule has 0 radical (unpaired) electrons. The Bertz CT molecular complexity index is 1150. The van der Waals surface area contributed by atoms with E-state index in [2.05, 4.69) is 20.9 Å². The fourth-order valence-corrected chi connectivity index (χ4v) is 4.59. The molecule has 0 aliphatic carbocycles. The van der Waals surface area contributed by atoms with E-state index in [0.717, 1.165) is 15.6 Å². The monoisotopic (exact) mass is 461 g/mol. The third-order valence-corrected chi connectivity index (χ3v) is 6.38. The lowest BCUT2D eigenvalue weighted by Crippen LogP contribution is -2.39. The first kappa shape index (κ1) is 19.6. The lowest BCUT2D eigenvalue weighted by Gasteiger charge is -2.37. The van der Waals surface area contributed by atoms with Gasteiger partial charge < -0.3 is 19.9 Å². The quantitative estimate of drug-likeness (QED) is 0.535. The number of fused-ring (bicyclic) bond motifs is 3. The molecule has 4 rings (SSSR count). The molecule has 0 saturated heterocycles. The van der Waals surface area contributed by atoms with Gasteiger partial charge in [-0.15, -0.1) is 0 Å². The minimum Gasteiger partial charge on any atom is -0.481 e. The Kier molecular flexibility index (Phi) is 4.71. The van der Waals surface area contributed by atoms with Crippen LogP contribution >= 0.6 is 15.9 Å². The second kappa shape index (κ2) is 6.96. The first-order chi connectivity index (χ1) is 13.7. The van der Waals surface area contributed by atoms with Crippen LogP contribution in [0.4, 0.5) is 4.39 Å². The molecule has 150 valence electrons. The van der Waals surface area contributed by atoms with E-state index in [4.69, 9.17) is 9.84 Å². The normalized spacial score (nSPS) is 18.6. The smallest absolute Gasteiger partial charge is 0.335 e. The number of aromatic amines is 1. The van der Waals surface area contributed by atoms with Crippen LogP contribution < -0.4 is 0 Å². The van der Waals surface area contributed by atoms with Gasteiger partial charge in [0.15, 0.2) is 0 Å². The molecule has 1 aromatic heterocycles. The summed E-state index contributed by atoms with van der Waals surface area (Å²) in [5, 5.41) is 19.5. The summed E-state index contributed by atoms with van der Waals surface area (Å²) in [6.45, 7) is 2.04. The summed E-state index contributed by atoms with van der Waals surface area (Å²) in [5.74, 6) is -2.60. The number of aliphatic carboxylic acids is 1. The maximum absolute atomic E-state index is 14.7. The fraction of sp³-hybridized carbons (Fsp3) is 0.238. The zero-order valence-electron chi connectivity index (χ0n) is 15.4. The second-order valence-electron chi connectivity index (χ2n) is 7.10. The lowest BCUT2D eigenvalue weighted by atomic mass is 9.82. The summed E-state index contributed by atoms with van der Waals surface area (Å²) in [7, 11) is 0. The van der Waals surface area contributed by atoms with Crippen molar-refractivity contribution in [2.75, 3.05) is 6.61 Å². The topological polar surface area (TPSA) is 99.6 Å². The average Bonchev–Trinajstić information content (AvgIpc) is 3.07. The van der Waals surface area contributed by atoms with Crippen LogP contribution in [0.25, 0.3) is 10.9 Å². The molecule has 29 heavy (non-hydrogen) atoms. The first-order valence-electron chi connectivity index (χ1n) is 8.94. The minimum atomic E-state index is -1.38. The molecular weight excluding hydrogens is 445 g/mol. The summed E-state index contributed by atoms with van der Waals surface area (Å²) >= 11 is 3.53. The first-order valence-corrected chi connectivity index (χ1v) is 9.73. The molecular formula is C21H17BrFNO5. The van der Waals surface area contributed by atoms with Crippen LogP contribution in [0, 0.1) is 12.7 Å². The van der Waals surface area contributed by atoms with Gasteiger partial charge in [-0.25, -0.2) is 9.18 Å². The lowest BCUT2D eigenvalue weighted by molar-refractivity contribution is -0.144. The van der Waals surface area contributed by atoms with Gasteiger partial charge in [0, 0.05) is 9.86 Å². The number of benzene rings is 2. The Morgan fingerprint density at radius 1 is 1.28 bits per heavy atom. The molecule has 0 saturated carbocycles. The molecule has 1 unspecified atom stereocenters. The highest BCUT2D eigenvalue weighted by atomic mass is 79.9. The molecule has 3 aromatic rings. The number of hydrogen-bond acceptors (Lipinski definition) is 3. The van der Waals surface area contributed by atoms with Crippen LogP contribution in [0.2, 0.25) is 0 Å².